The first-order valence-corrected chi connectivity index (χ1v) is 37.2. The minimum atomic E-state index is -2.42. The number of carbonyl (C=O) groups is 3. The molecule has 0 bridgehead atoms. The maximum atomic E-state index is 14.0. The normalized spacial score (nSPS) is 22.7. The summed E-state index contributed by atoms with van der Waals surface area (Å²) in [5.74, 6) is -15.8. The van der Waals surface area contributed by atoms with Crippen molar-refractivity contribution >= 4 is 17.8 Å². The molecule has 11 N–H and O–H groups in total. The Bertz CT molecular complexity index is 3240. The quantitative estimate of drug-likeness (QED) is 0.00494. The zero-order chi connectivity index (χ0) is 82.0. The molecule has 7 rings (SSSR count). The third-order valence-corrected chi connectivity index (χ3v) is 17.3. The molecule has 0 spiro atoms. The van der Waals surface area contributed by atoms with Gasteiger partial charge in [-0.05, 0) is 0 Å². The molecule has 0 radical (unpaired) electrons. The molecule has 3 aliphatic rings. The number of amides is 2. The average molecular weight is 1650 g/mol. The van der Waals surface area contributed by atoms with Gasteiger partial charge >= 0.3 is 5.97 Å². The number of carbonyl (C=O) groups excluding carboxylic acids is 3. The maximum Gasteiger partial charge on any atom is 0.313 e. The fraction of sp³-hybridized carbons (Fsp3) is 0.779. The van der Waals surface area contributed by atoms with Crippen LogP contribution < -0.4 is 15.4 Å². The van der Waals surface area contributed by atoms with Gasteiger partial charge in [-0.15, -0.1) is 15.3 Å². The second-order valence-electron chi connectivity index (χ2n) is 26.1. The second-order valence-corrected chi connectivity index (χ2v) is 26.1. The first-order chi connectivity index (χ1) is 55.1. The van der Waals surface area contributed by atoms with Gasteiger partial charge in [0.1, 0.15) is 54.3 Å². The highest BCUT2D eigenvalue weighted by atomic mass is 19.2. The highest BCUT2D eigenvalue weighted by molar-refractivity contribution is 5.77. The lowest BCUT2D eigenvalue weighted by atomic mass is 9.97. The van der Waals surface area contributed by atoms with Crippen LogP contribution >= 0.6 is 0 Å². The SMILES string of the molecule is CC(=O)N[C@H]1[C@H](OCCc2cn(CCOCCOCCOCC(COCCOCCOCCn3cc(CCO[C@H]4C[C@@H](O)[C@@H](O)[C@@H](CO)O4)nn3)(COCCOCCOCCn3cc(CCO[C@H]4C[C@@H](O)[C@@H](O)[C@@H](CO)O4)nn3)NC(=O)CCOCCOCCC(=O)Oc3c(F)c(F)c(F)c(F)c3F)nn2)O[C@H](CO)[C@H](O)[C@@H]1O. The molecule has 2 amide bonds. The number of nitrogens with one attached hydrogen (secondary N) is 2. The molecule has 4 aromatic rings. The highest BCUT2D eigenvalue weighted by Crippen LogP contribution is 2.30. The molecular weight excluding hydrogens is 1550 g/mol. The number of aliphatic hydroxyl groups excluding tert-OH is 9. The van der Waals surface area contributed by atoms with Crippen LogP contribution in [-0.2, 0) is 134 Å². The van der Waals surface area contributed by atoms with E-state index in [4.69, 9.17) is 80.5 Å². The van der Waals surface area contributed by atoms with Gasteiger partial charge in [-0.3, -0.25) is 14.4 Å². The Morgan fingerprint density at radius 3 is 1.19 bits per heavy atom. The van der Waals surface area contributed by atoms with E-state index >= 15 is 0 Å². The van der Waals surface area contributed by atoms with Crippen molar-refractivity contribution in [1.29, 1.82) is 0 Å². The third kappa shape index (κ3) is 33.2. The molecule has 114 heavy (non-hydrogen) atoms. The predicted molar refractivity (Wildman–Crippen MR) is 370 cm³/mol. The van der Waals surface area contributed by atoms with E-state index in [1.54, 1.807) is 32.6 Å². The monoisotopic (exact) mass is 1650 g/mol. The summed E-state index contributed by atoms with van der Waals surface area (Å²) in [6, 6.07) is -1.10. The van der Waals surface area contributed by atoms with Gasteiger partial charge in [0.05, 0.1) is 240 Å². The molecule has 648 valence electrons. The van der Waals surface area contributed by atoms with Gasteiger partial charge in [0.2, 0.25) is 46.6 Å². The number of aliphatic hydroxyl groups is 9. The van der Waals surface area contributed by atoms with Crippen molar-refractivity contribution in [2.45, 2.75) is 157 Å². The Morgan fingerprint density at radius 1 is 0.447 bits per heavy atom. The van der Waals surface area contributed by atoms with Crippen molar-refractivity contribution in [3.8, 4) is 5.75 Å². The van der Waals surface area contributed by atoms with Gasteiger partial charge in [-0.1, -0.05) is 15.6 Å². The van der Waals surface area contributed by atoms with E-state index in [-0.39, 0.29) is 184 Å². The van der Waals surface area contributed by atoms with Gasteiger partial charge < -0.3 is 142 Å². The minimum Gasteiger partial charge on any atom is -0.420 e. The third-order valence-electron chi connectivity index (χ3n) is 17.3. The number of halogens is 5. The van der Waals surface area contributed by atoms with E-state index in [1.807, 2.05) is 0 Å². The summed E-state index contributed by atoms with van der Waals surface area (Å²) < 4.78 is 175. The molecule has 6 heterocycles. The van der Waals surface area contributed by atoms with Crippen LogP contribution in [0.5, 0.6) is 5.75 Å². The van der Waals surface area contributed by atoms with Gasteiger partial charge in [-0.25, -0.2) is 27.2 Å². The lowest BCUT2D eigenvalue weighted by Gasteiger charge is -2.42. The standard InChI is InChI=1S/C68H106F5N11O30/c1-43(88)74-61-65(96)64(95)51(39-87)113-67(61)110-14-4-46-36-84(81-78-46)9-17-101-22-25-104-28-31-107-42-68(75-52(91)5-10-97-18-19-98-11-6-53(92)114-66-59(72)57(70)56(69)58(71)60(66)73,40-105-29-26-102-23-20-99-15-7-82-34-44(76-79-82)2-12-108-54-32-47(89)62(93)49(37-85)111-54)41-106-30-27-103-24-21-100-16-8-83-35-45(77-80-83)3-13-109-55-33-48(90)63(94)50(38-86)112-55/h34-36,47-51,54-55,61-65,67,85-87,89-90,93-96H,2-33,37-42H2,1H3,(H,74,88)(H,75,91)/t47-,48-,49-,50-,51-,54-,55-,61-,62-,63-,64+,65-,67-/m1/s1. The Hall–Kier alpha value is -6.34. The number of benzene rings is 1. The van der Waals surface area contributed by atoms with Crippen molar-refractivity contribution < 1.29 is 168 Å². The first kappa shape index (κ1) is 94.8. The van der Waals surface area contributed by atoms with Gasteiger partial charge in [0, 0.05) is 64.0 Å². The summed E-state index contributed by atoms with van der Waals surface area (Å²) in [4.78, 5) is 37.8. The predicted octanol–water partition coefficient (Wildman–Crippen LogP) is -4.74. The lowest BCUT2D eigenvalue weighted by molar-refractivity contribution is -0.269. The Morgan fingerprint density at radius 2 is 0.798 bits per heavy atom. The first-order valence-electron chi connectivity index (χ1n) is 37.2. The smallest absolute Gasteiger partial charge is 0.313 e. The molecule has 13 atom stereocenters. The molecule has 41 nitrogen and oxygen atoms in total. The summed E-state index contributed by atoms with van der Waals surface area (Å²) in [6.45, 7) is 2.18. The summed E-state index contributed by atoms with van der Waals surface area (Å²) in [5.41, 5.74) is 0.441. The van der Waals surface area contributed by atoms with Gasteiger partial charge in [0.15, 0.2) is 18.9 Å². The number of aromatic nitrogens is 9. The van der Waals surface area contributed by atoms with Crippen molar-refractivity contribution in [3.05, 3.63) is 64.8 Å². The molecule has 3 aliphatic heterocycles. The topological polar surface area (TPSA) is 516 Å². The zero-order valence-electron chi connectivity index (χ0n) is 63.1. The molecule has 3 aromatic heterocycles. The van der Waals surface area contributed by atoms with E-state index in [0.717, 1.165) is 0 Å². The molecule has 3 fully saturated rings. The zero-order valence-corrected chi connectivity index (χ0v) is 63.1. The van der Waals surface area contributed by atoms with Crippen LogP contribution in [0.25, 0.3) is 0 Å². The number of rotatable bonds is 60. The molecule has 46 heteroatoms. The van der Waals surface area contributed by atoms with E-state index in [0.29, 0.717) is 49.6 Å². The second kappa shape index (κ2) is 52.5. The minimum absolute atomic E-state index is 0.0302. The summed E-state index contributed by atoms with van der Waals surface area (Å²) in [6.07, 6.45) is -8.06. The van der Waals surface area contributed by atoms with Crippen LogP contribution in [0.1, 0.15) is 49.7 Å². The van der Waals surface area contributed by atoms with Crippen LogP contribution in [0.3, 0.4) is 0 Å². The Kier molecular flexibility index (Phi) is 43.6. The van der Waals surface area contributed by atoms with E-state index < -0.39 is 171 Å². The molecule has 1 aromatic carbocycles. The van der Waals surface area contributed by atoms with Crippen LogP contribution in [0.2, 0.25) is 0 Å². The molecule has 0 saturated carbocycles. The van der Waals surface area contributed by atoms with Crippen molar-refractivity contribution in [2.24, 2.45) is 0 Å². The summed E-state index contributed by atoms with van der Waals surface area (Å²) in [7, 11) is 0. The highest BCUT2D eigenvalue weighted by Gasteiger charge is 2.46. The fourth-order valence-corrected chi connectivity index (χ4v) is 11.2. The number of hydrogen-bond donors (Lipinski definition) is 11. The number of hydrogen-bond acceptors (Lipinski definition) is 36. The maximum absolute atomic E-state index is 14.0. The van der Waals surface area contributed by atoms with Gasteiger partial charge in [-0.2, -0.15) is 8.78 Å². The Balaban J connectivity index is 0.854. The van der Waals surface area contributed by atoms with E-state index in [2.05, 4.69) is 46.3 Å². The number of ether oxygens (including phenoxy) is 18. The fourth-order valence-electron chi connectivity index (χ4n) is 11.2. The largest absolute Gasteiger partial charge is 0.420 e. The van der Waals surface area contributed by atoms with Crippen LogP contribution in [0, 0.1) is 29.1 Å². The lowest BCUT2D eigenvalue weighted by Crippen LogP contribution is -2.64. The van der Waals surface area contributed by atoms with Crippen LogP contribution in [0.15, 0.2) is 18.6 Å². The molecule has 0 unspecified atom stereocenters. The van der Waals surface area contributed by atoms with Crippen molar-refractivity contribution in [3.63, 3.8) is 0 Å². The number of esters is 1. The van der Waals surface area contributed by atoms with E-state index in [9.17, 15) is 82.3 Å². The number of nitrogens with zero attached hydrogens (tertiary/aromatic N) is 9. The summed E-state index contributed by atoms with van der Waals surface area (Å²) >= 11 is 0. The van der Waals surface area contributed by atoms with Crippen LogP contribution in [0.4, 0.5) is 22.0 Å². The average Bonchev–Trinajstić information content (AvgIpc) is 1.23. The van der Waals surface area contributed by atoms with Crippen molar-refractivity contribution in [1.82, 2.24) is 55.6 Å². The summed E-state index contributed by atoms with van der Waals surface area (Å²) in [5, 5.41) is 120. The Labute approximate surface area is 651 Å². The van der Waals surface area contributed by atoms with Crippen molar-refractivity contribution in [2.75, 3.05) is 185 Å². The molecule has 3 saturated heterocycles. The van der Waals surface area contributed by atoms with Crippen LogP contribution in [-0.4, -0.2) is 379 Å². The molecular formula is C68H106F5N11O30. The molecule has 0 aliphatic carbocycles. The van der Waals surface area contributed by atoms with Gasteiger partial charge in [0.25, 0.3) is 0 Å². The van der Waals surface area contributed by atoms with E-state index in [1.165, 1.54) is 6.92 Å².